The number of ether oxygens (including phenoxy) is 1. The van der Waals surface area contributed by atoms with Gasteiger partial charge in [0.2, 0.25) is 10.0 Å². The van der Waals surface area contributed by atoms with Crippen molar-refractivity contribution >= 4 is 21.7 Å². The van der Waals surface area contributed by atoms with Gasteiger partial charge < -0.3 is 9.64 Å². The zero-order valence-electron chi connectivity index (χ0n) is 13.4. The second-order valence-electron chi connectivity index (χ2n) is 5.54. The Morgan fingerprint density at radius 2 is 2.00 bits per heavy atom. The second kappa shape index (κ2) is 6.26. The Bertz CT molecular complexity index is 893. The summed E-state index contributed by atoms with van der Waals surface area (Å²) in [7, 11) is -1.84. The van der Waals surface area contributed by atoms with E-state index in [2.05, 4.69) is 4.72 Å². The van der Waals surface area contributed by atoms with E-state index in [4.69, 9.17) is 4.74 Å². The summed E-state index contributed by atoms with van der Waals surface area (Å²) < 4.78 is 32.2. The lowest BCUT2D eigenvalue weighted by Gasteiger charge is -2.28. The molecule has 0 radical (unpaired) electrons. The molecule has 1 heterocycles. The Morgan fingerprint density at radius 3 is 2.75 bits per heavy atom. The molecule has 0 saturated carbocycles. The van der Waals surface area contributed by atoms with Gasteiger partial charge in [0.25, 0.3) is 0 Å². The number of nitrogens with one attached hydrogen (secondary N) is 1. The zero-order valence-corrected chi connectivity index (χ0v) is 14.3. The minimum Gasteiger partial charge on any atom is -0.423 e. The van der Waals surface area contributed by atoms with Crippen molar-refractivity contribution in [2.75, 3.05) is 18.6 Å². The van der Waals surface area contributed by atoms with Gasteiger partial charge in [-0.25, -0.2) is 13.2 Å². The summed E-state index contributed by atoms with van der Waals surface area (Å²) >= 11 is 0. The molecular weight excluding hydrogens is 328 g/mol. The quantitative estimate of drug-likeness (QED) is 0.681. The number of fused-ring (bicyclic) bond motifs is 1. The minimum absolute atomic E-state index is 0.0782. The summed E-state index contributed by atoms with van der Waals surface area (Å²) in [5.74, 6) is -0.0945. The first kappa shape index (κ1) is 16.5. The average Bonchev–Trinajstić information content (AvgIpc) is 2.58. The van der Waals surface area contributed by atoms with E-state index in [0.717, 1.165) is 12.0 Å². The summed E-state index contributed by atoms with van der Waals surface area (Å²) in [4.78, 5) is 14.2. The van der Waals surface area contributed by atoms with Gasteiger partial charge in [0.05, 0.1) is 17.9 Å². The van der Waals surface area contributed by atoms with E-state index in [1.54, 1.807) is 36.2 Å². The molecular formula is C17H18N2O4S. The summed E-state index contributed by atoms with van der Waals surface area (Å²) in [5.41, 5.74) is 1.66. The van der Waals surface area contributed by atoms with Gasteiger partial charge in [0, 0.05) is 7.05 Å². The lowest BCUT2D eigenvalue weighted by molar-refractivity contribution is 0.0733. The van der Waals surface area contributed by atoms with E-state index in [1.807, 2.05) is 19.1 Å². The van der Waals surface area contributed by atoms with Gasteiger partial charge >= 0.3 is 5.97 Å². The third-order valence-electron chi connectivity index (χ3n) is 3.94. The van der Waals surface area contributed by atoms with Gasteiger partial charge in [-0.05, 0) is 36.2 Å². The maximum atomic E-state index is 12.4. The maximum absolute atomic E-state index is 12.4. The van der Waals surface area contributed by atoms with Crippen LogP contribution in [-0.4, -0.2) is 28.1 Å². The van der Waals surface area contributed by atoms with Crippen molar-refractivity contribution in [1.82, 2.24) is 4.72 Å². The van der Waals surface area contributed by atoms with Crippen molar-refractivity contribution < 1.29 is 17.9 Å². The van der Waals surface area contributed by atoms with E-state index in [1.165, 1.54) is 6.07 Å². The number of rotatable bonds is 3. The van der Waals surface area contributed by atoms with Gasteiger partial charge in [0.15, 0.2) is 0 Å². The Kier molecular flexibility index (Phi) is 4.29. The van der Waals surface area contributed by atoms with E-state index in [0.29, 0.717) is 11.4 Å². The number of sulfonamides is 1. The van der Waals surface area contributed by atoms with Crippen molar-refractivity contribution in [1.29, 1.82) is 0 Å². The summed E-state index contributed by atoms with van der Waals surface area (Å²) in [6.07, 6.45) is 0.733. The Labute approximate surface area is 141 Å². The second-order valence-corrected chi connectivity index (χ2v) is 7.27. The number of esters is 1. The van der Waals surface area contributed by atoms with Gasteiger partial charge in [-0.3, -0.25) is 0 Å². The van der Waals surface area contributed by atoms with Crippen molar-refractivity contribution in [3.8, 4) is 5.75 Å². The van der Waals surface area contributed by atoms with Crippen molar-refractivity contribution in [2.45, 2.75) is 18.2 Å². The number of hydrogen-bond donors (Lipinski definition) is 1. The first-order valence-electron chi connectivity index (χ1n) is 7.57. The number of benzene rings is 2. The Morgan fingerprint density at radius 1 is 1.25 bits per heavy atom. The number of nitrogens with zero attached hydrogens (tertiary/aromatic N) is 1. The third-order valence-corrected chi connectivity index (χ3v) is 5.36. The molecule has 7 heteroatoms. The molecule has 1 aliphatic rings. The van der Waals surface area contributed by atoms with Crippen LogP contribution >= 0.6 is 0 Å². The van der Waals surface area contributed by atoms with E-state index in [-0.39, 0.29) is 17.1 Å². The SMILES string of the molecule is CCc1ccccc1OC(=O)c1ccc2c(c1)S(=O)(=O)NCN2C. The molecule has 24 heavy (non-hydrogen) atoms. The molecule has 6 nitrogen and oxygen atoms in total. The highest BCUT2D eigenvalue weighted by molar-refractivity contribution is 7.89. The van der Waals surface area contributed by atoms with Crippen molar-refractivity contribution in [2.24, 2.45) is 0 Å². The van der Waals surface area contributed by atoms with Gasteiger partial charge in [0.1, 0.15) is 10.6 Å². The molecule has 0 aliphatic carbocycles. The van der Waals surface area contributed by atoms with Crippen molar-refractivity contribution in [3.05, 3.63) is 53.6 Å². The van der Waals surface area contributed by atoms with Crippen LogP contribution in [0.5, 0.6) is 5.75 Å². The largest absolute Gasteiger partial charge is 0.423 e. The topological polar surface area (TPSA) is 75.7 Å². The standard InChI is InChI=1S/C17H18N2O4S/c1-3-12-6-4-5-7-15(12)23-17(20)13-8-9-14-16(10-13)24(21,22)18-11-19(14)2/h4-10,18H,3,11H2,1-2H3. The van der Waals surface area contributed by atoms with Crippen LogP contribution in [0, 0.1) is 0 Å². The molecule has 0 spiro atoms. The van der Waals surface area contributed by atoms with Crippen LogP contribution < -0.4 is 14.4 Å². The van der Waals surface area contributed by atoms with Crippen LogP contribution in [0.3, 0.4) is 0 Å². The molecule has 1 N–H and O–H groups in total. The monoisotopic (exact) mass is 346 g/mol. The molecule has 0 aromatic heterocycles. The number of carbonyl (C=O) groups excluding carboxylic acids is 1. The molecule has 2 aromatic rings. The highest BCUT2D eigenvalue weighted by atomic mass is 32.2. The van der Waals surface area contributed by atoms with E-state index in [9.17, 15) is 13.2 Å². The molecule has 0 atom stereocenters. The lowest BCUT2D eigenvalue weighted by atomic mass is 10.1. The third kappa shape index (κ3) is 3.00. The van der Waals surface area contributed by atoms with Crippen molar-refractivity contribution in [3.63, 3.8) is 0 Å². The van der Waals surface area contributed by atoms with Crippen LogP contribution in [-0.2, 0) is 16.4 Å². The normalized spacial score (nSPS) is 15.7. The smallest absolute Gasteiger partial charge is 0.343 e. The van der Waals surface area contributed by atoms with Crippen LogP contribution in [0.2, 0.25) is 0 Å². The number of para-hydroxylation sites is 1. The molecule has 0 unspecified atom stereocenters. The molecule has 0 bridgehead atoms. The minimum atomic E-state index is -3.62. The highest BCUT2D eigenvalue weighted by Gasteiger charge is 2.27. The first-order chi connectivity index (χ1) is 11.4. The van der Waals surface area contributed by atoms with E-state index >= 15 is 0 Å². The van der Waals surface area contributed by atoms with Gasteiger partial charge in [-0.15, -0.1) is 0 Å². The molecule has 126 valence electrons. The van der Waals surface area contributed by atoms with Gasteiger partial charge in [-0.1, -0.05) is 25.1 Å². The number of carbonyl (C=O) groups is 1. The summed E-state index contributed by atoms with van der Waals surface area (Å²) in [6.45, 7) is 2.17. The van der Waals surface area contributed by atoms with Crippen LogP contribution in [0.1, 0.15) is 22.8 Å². The van der Waals surface area contributed by atoms with Crippen LogP contribution in [0.15, 0.2) is 47.4 Å². The predicted molar refractivity (Wildman–Crippen MR) is 90.8 cm³/mol. The number of anilines is 1. The van der Waals surface area contributed by atoms with Crippen LogP contribution in [0.25, 0.3) is 0 Å². The summed E-state index contributed by atoms with van der Waals surface area (Å²) in [6, 6.07) is 11.8. The fraction of sp³-hybridized carbons (Fsp3) is 0.235. The lowest BCUT2D eigenvalue weighted by Crippen LogP contribution is -2.41. The molecule has 0 saturated heterocycles. The van der Waals surface area contributed by atoms with Crippen LogP contribution in [0.4, 0.5) is 5.69 Å². The summed E-state index contributed by atoms with van der Waals surface area (Å²) in [5, 5.41) is 0. The highest BCUT2D eigenvalue weighted by Crippen LogP contribution is 2.29. The molecule has 3 rings (SSSR count). The predicted octanol–water partition coefficient (Wildman–Crippen LogP) is 2.15. The molecule has 1 aliphatic heterocycles. The Hall–Kier alpha value is -2.38. The average molecular weight is 346 g/mol. The van der Waals surface area contributed by atoms with E-state index < -0.39 is 16.0 Å². The van der Waals surface area contributed by atoms with Gasteiger partial charge in [-0.2, -0.15) is 4.72 Å². The Balaban J connectivity index is 1.94. The molecule has 0 amide bonds. The first-order valence-corrected chi connectivity index (χ1v) is 9.05. The molecule has 0 fully saturated rings. The fourth-order valence-electron chi connectivity index (χ4n) is 2.57. The zero-order chi connectivity index (χ0) is 17.3. The molecule has 2 aromatic carbocycles. The number of hydrogen-bond acceptors (Lipinski definition) is 5. The number of aryl methyl sites for hydroxylation is 1. The maximum Gasteiger partial charge on any atom is 0.343 e. The fourth-order valence-corrected chi connectivity index (χ4v) is 3.87.